The fourth-order valence-corrected chi connectivity index (χ4v) is 4.39. The number of amides is 1. The second-order valence-electron chi connectivity index (χ2n) is 6.10. The normalized spacial score (nSPS) is 16.7. The maximum atomic E-state index is 14.3. The zero-order chi connectivity index (χ0) is 18.4. The van der Waals surface area contributed by atoms with Gasteiger partial charge in [-0.3, -0.25) is 19.1 Å². The molecule has 0 unspecified atom stereocenters. The van der Waals surface area contributed by atoms with Crippen LogP contribution >= 0.6 is 11.3 Å². The summed E-state index contributed by atoms with van der Waals surface area (Å²) in [6, 6.07) is 12.3. The van der Waals surface area contributed by atoms with Crippen LogP contribution < -0.4 is 9.77 Å². The maximum Gasteiger partial charge on any atom is 0.308 e. The standard InChI is InChI=1S/C19H14F2N2O2S/c1-22-18-17(26-19(22)25)14(13-8-7-11(20)9-15(13)21)10-16(24)23(18)12-5-3-2-4-6-12/h2-9,14H,10H2,1H3/t14-/m1/s1. The number of carbonyl (C=O) groups is 1. The highest BCUT2D eigenvalue weighted by atomic mass is 32.1. The number of nitrogens with zero attached hydrogens (tertiary/aromatic N) is 2. The van der Waals surface area contributed by atoms with Gasteiger partial charge in [-0.05, 0) is 23.8 Å². The van der Waals surface area contributed by atoms with E-state index in [0.717, 1.165) is 23.5 Å². The highest BCUT2D eigenvalue weighted by molar-refractivity contribution is 7.10. The Kier molecular flexibility index (Phi) is 3.96. The zero-order valence-corrected chi connectivity index (χ0v) is 14.6. The first-order chi connectivity index (χ1) is 12.5. The van der Waals surface area contributed by atoms with Gasteiger partial charge >= 0.3 is 4.87 Å². The van der Waals surface area contributed by atoms with Crippen molar-refractivity contribution < 1.29 is 13.6 Å². The van der Waals surface area contributed by atoms with Crippen molar-refractivity contribution in [1.29, 1.82) is 0 Å². The third kappa shape index (κ3) is 2.55. The summed E-state index contributed by atoms with van der Waals surface area (Å²) >= 11 is 0.986. The number of carbonyl (C=O) groups excluding carboxylic acids is 1. The van der Waals surface area contributed by atoms with E-state index in [-0.39, 0.29) is 22.8 Å². The van der Waals surface area contributed by atoms with E-state index in [1.54, 1.807) is 31.3 Å². The van der Waals surface area contributed by atoms with E-state index in [9.17, 15) is 18.4 Å². The summed E-state index contributed by atoms with van der Waals surface area (Å²) in [6.45, 7) is 0. The number of fused-ring (bicyclic) bond motifs is 1. The Bertz CT molecular complexity index is 1060. The van der Waals surface area contributed by atoms with Crippen LogP contribution in [0.25, 0.3) is 0 Å². The van der Waals surface area contributed by atoms with Crippen molar-refractivity contribution in [3.63, 3.8) is 0 Å². The molecule has 0 bridgehead atoms. The van der Waals surface area contributed by atoms with Crippen LogP contribution in [0.5, 0.6) is 0 Å². The Morgan fingerprint density at radius 2 is 1.81 bits per heavy atom. The molecule has 4 rings (SSSR count). The molecule has 7 heteroatoms. The molecule has 1 aliphatic heterocycles. The van der Waals surface area contributed by atoms with Crippen LogP contribution in [0.4, 0.5) is 20.3 Å². The molecule has 0 aliphatic carbocycles. The van der Waals surface area contributed by atoms with E-state index in [4.69, 9.17) is 0 Å². The molecule has 1 atom stereocenters. The first-order valence-electron chi connectivity index (χ1n) is 8.00. The topological polar surface area (TPSA) is 42.3 Å². The van der Waals surface area contributed by atoms with Crippen LogP contribution in [0, 0.1) is 11.6 Å². The average Bonchev–Trinajstić information content (AvgIpc) is 2.91. The van der Waals surface area contributed by atoms with Gasteiger partial charge in [-0.2, -0.15) is 0 Å². The third-order valence-electron chi connectivity index (χ3n) is 4.52. The minimum Gasteiger partial charge on any atom is -0.288 e. The van der Waals surface area contributed by atoms with Crippen LogP contribution in [-0.4, -0.2) is 10.5 Å². The molecule has 132 valence electrons. The summed E-state index contributed by atoms with van der Waals surface area (Å²) in [5.74, 6) is -1.81. The molecule has 2 heterocycles. The number of rotatable bonds is 2. The van der Waals surface area contributed by atoms with Gasteiger partial charge in [-0.15, -0.1) is 0 Å². The maximum absolute atomic E-state index is 14.3. The lowest BCUT2D eigenvalue weighted by Gasteiger charge is -2.32. The smallest absolute Gasteiger partial charge is 0.288 e. The van der Waals surface area contributed by atoms with Crippen LogP contribution in [-0.2, 0) is 11.8 Å². The van der Waals surface area contributed by atoms with Crippen molar-refractivity contribution in [2.45, 2.75) is 12.3 Å². The van der Waals surface area contributed by atoms with Crippen molar-refractivity contribution >= 4 is 28.7 Å². The second kappa shape index (κ2) is 6.17. The Morgan fingerprint density at radius 3 is 2.50 bits per heavy atom. The van der Waals surface area contributed by atoms with E-state index >= 15 is 0 Å². The average molecular weight is 372 g/mol. The molecule has 0 radical (unpaired) electrons. The van der Waals surface area contributed by atoms with Gasteiger partial charge in [0.2, 0.25) is 5.91 Å². The third-order valence-corrected chi connectivity index (χ3v) is 5.65. The molecular weight excluding hydrogens is 358 g/mol. The number of aromatic nitrogens is 1. The van der Waals surface area contributed by atoms with Gasteiger partial charge in [-0.1, -0.05) is 35.6 Å². The van der Waals surface area contributed by atoms with Crippen LogP contribution in [0.2, 0.25) is 0 Å². The summed E-state index contributed by atoms with van der Waals surface area (Å²) < 4.78 is 29.0. The molecule has 26 heavy (non-hydrogen) atoms. The monoisotopic (exact) mass is 372 g/mol. The first kappa shape index (κ1) is 16.7. The van der Waals surface area contributed by atoms with Gasteiger partial charge in [0.25, 0.3) is 0 Å². The van der Waals surface area contributed by atoms with Crippen molar-refractivity contribution in [2.75, 3.05) is 4.90 Å². The van der Waals surface area contributed by atoms with Crippen molar-refractivity contribution in [1.82, 2.24) is 4.57 Å². The predicted octanol–water partition coefficient (Wildman–Crippen LogP) is 3.93. The largest absolute Gasteiger partial charge is 0.308 e. The number of halogens is 2. The number of thiazole rings is 1. The number of hydrogen-bond acceptors (Lipinski definition) is 3. The van der Waals surface area contributed by atoms with Gasteiger partial charge in [0.1, 0.15) is 17.5 Å². The molecule has 2 aromatic carbocycles. The Hall–Kier alpha value is -2.80. The molecule has 1 aromatic heterocycles. The summed E-state index contributed by atoms with van der Waals surface area (Å²) in [5, 5.41) is 0. The molecule has 0 fully saturated rings. The lowest BCUT2D eigenvalue weighted by Crippen LogP contribution is -2.34. The van der Waals surface area contributed by atoms with Crippen molar-refractivity contribution in [2.24, 2.45) is 7.05 Å². The van der Waals surface area contributed by atoms with Crippen LogP contribution in [0.3, 0.4) is 0 Å². The van der Waals surface area contributed by atoms with Gasteiger partial charge in [0, 0.05) is 25.5 Å². The highest BCUT2D eigenvalue weighted by Gasteiger charge is 2.38. The Balaban J connectivity index is 1.92. The molecule has 0 saturated carbocycles. The van der Waals surface area contributed by atoms with Gasteiger partial charge < -0.3 is 0 Å². The lowest BCUT2D eigenvalue weighted by molar-refractivity contribution is -0.118. The van der Waals surface area contributed by atoms with Crippen LogP contribution in [0.1, 0.15) is 22.8 Å². The van der Waals surface area contributed by atoms with E-state index in [1.165, 1.54) is 15.5 Å². The molecular formula is C19H14F2N2O2S. The zero-order valence-electron chi connectivity index (χ0n) is 13.8. The summed E-state index contributed by atoms with van der Waals surface area (Å²) in [5.41, 5.74) is 0.862. The molecule has 0 spiro atoms. The fraction of sp³-hybridized carbons (Fsp3) is 0.158. The molecule has 1 amide bonds. The van der Waals surface area contributed by atoms with E-state index in [1.807, 2.05) is 6.07 Å². The molecule has 0 N–H and O–H groups in total. The van der Waals surface area contributed by atoms with Gasteiger partial charge in [-0.25, -0.2) is 8.78 Å². The van der Waals surface area contributed by atoms with E-state index in [2.05, 4.69) is 0 Å². The van der Waals surface area contributed by atoms with E-state index < -0.39 is 17.6 Å². The molecule has 4 nitrogen and oxygen atoms in total. The Labute approximate surface area is 151 Å². The SMILES string of the molecule is Cn1c2c(sc1=O)[C@@H](c1ccc(F)cc1F)CC(=O)N2c1ccccc1. The fourth-order valence-electron chi connectivity index (χ4n) is 3.30. The summed E-state index contributed by atoms with van der Waals surface area (Å²) in [4.78, 5) is 27.1. The second-order valence-corrected chi connectivity index (χ2v) is 7.10. The number of benzene rings is 2. The lowest BCUT2D eigenvalue weighted by atomic mass is 9.90. The van der Waals surface area contributed by atoms with Crippen LogP contribution in [0.15, 0.2) is 53.3 Å². The minimum absolute atomic E-state index is 0.00437. The Morgan fingerprint density at radius 1 is 1.08 bits per heavy atom. The highest BCUT2D eigenvalue weighted by Crippen LogP contribution is 2.44. The van der Waals surface area contributed by atoms with Gasteiger partial charge in [0.15, 0.2) is 0 Å². The van der Waals surface area contributed by atoms with E-state index in [0.29, 0.717) is 16.4 Å². The first-order valence-corrected chi connectivity index (χ1v) is 8.81. The number of anilines is 2. The molecule has 1 aliphatic rings. The van der Waals surface area contributed by atoms with Crippen molar-refractivity contribution in [3.05, 3.63) is 80.3 Å². The predicted molar refractivity (Wildman–Crippen MR) is 96.0 cm³/mol. The minimum atomic E-state index is -0.717. The molecule has 3 aromatic rings. The summed E-state index contributed by atoms with van der Waals surface area (Å²) in [7, 11) is 1.59. The van der Waals surface area contributed by atoms with Gasteiger partial charge in [0.05, 0.1) is 10.6 Å². The summed E-state index contributed by atoms with van der Waals surface area (Å²) in [6.07, 6.45) is 0.00437. The molecule has 0 saturated heterocycles. The number of hydrogen-bond donors (Lipinski definition) is 0. The quantitative estimate of drug-likeness (QED) is 0.684. The van der Waals surface area contributed by atoms with Crippen molar-refractivity contribution in [3.8, 4) is 0 Å². The number of para-hydroxylation sites is 1.